The number of barbiturate groups is 1. The molecule has 9 heteroatoms. The molecule has 0 radical (unpaired) electrons. The highest BCUT2D eigenvalue weighted by molar-refractivity contribution is 9.11. The first-order chi connectivity index (χ1) is 14.3. The lowest BCUT2D eigenvalue weighted by Gasteiger charge is -2.25. The zero-order valence-electron chi connectivity index (χ0n) is 15.5. The van der Waals surface area contributed by atoms with Crippen LogP contribution in [-0.2, 0) is 16.2 Å². The Morgan fingerprint density at radius 3 is 2.33 bits per heavy atom. The fourth-order valence-corrected chi connectivity index (χ4v) is 4.27. The number of carbonyl (C=O) groups excluding carboxylic acids is 3. The molecule has 30 heavy (non-hydrogen) atoms. The van der Waals surface area contributed by atoms with Gasteiger partial charge in [0.15, 0.2) is 0 Å². The van der Waals surface area contributed by atoms with E-state index in [2.05, 4.69) is 43.8 Å². The summed E-state index contributed by atoms with van der Waals surface area (Å²) in [4.78, 5) is 37.4. The minimum absolute atomic E-state index is 0.000150. The molecule has 0 aliphatic carbocycles. The van der Waals surface area contributed by atoms with Gasteiger partial charge in [-0.05, 0) is 73.3 Å². The summed E-state index contributed by atoms with van der Waals surface area (Å²) in [6, 6.07) is 9.96. The second-order valence-electron chi connectivity index (χ2n) is 6.25. The first-order valence-electron chi connectivity index (χ1n) is 8.66. The highest BCUT2D eigenvalue weighted by Crippen LogP contribution is 2.36. The normalized spacial score (nSPS) is 15.4. The van der Waals surface area contributed by atoms with E-state index in [4.69, 9.17) is 16.3 Å². The van der Waals surface area contributed by atoms with E-state index in [9.17, 15) is 14.4 Å². The molecule has 0 aromatic heterocycles. The van der Waals surface area contributed by atoms with Gasteiger partial charge in [0.2, 0.25) is 0 Å². The SMILES string of the molecule is C=CCN1C(=O)NC(=O)/C(=C/c2cc(Br)c(OCc3ccc(Cl)cc3)c(Br)c2)C1=O. The second kappa shape index (κ2) is 9.59. The van der Waals surface area contributed by atoms with Crippen molar-refractivity contribution in [3.8, 4) is 5.75 Å². The van der Waals surface area contributed by atoms with Crippen molar-refractivity contribution in [2.24, 2.45) is 0 Å². The Morgan fingerprint density at radius 1 is 1.10 bits per heavy atom. The minimum Gasteiger partial charge on any atom is -0.487 e. The highest BCUT2D eigenvalue weighted by atomic mass is 79.9. The predicted molar refractivity (Wildman–Crippen MR) is 121 cm³/mol. The molecule has 1 heterocycles. The standard InChI is InChI=1S/C21H15Br2ClN2O4/c1-2-7-26-20(28)15(19(27)25-21(26)29)8-13-9-16(22)18(17(23)10-13)30-11-12-3-5-14(24)6-4-12/h2-6,8-10H,1,7,11H2,(H,25,27,29)/b15-8-. The number of amides is 4. The monoisotopic (exact) mass is 552 g/mol. The van der Waals surface area contributed by atoms with E-state index in [1.807, 2.05) is 12.1 Å². The maximum atomic E-state index is 12.5. The van der Waals surface area contributed by atoms with Gasteiger partial charge in [-0.15, -0.1) is 6.58 Å². The van der Waals surface area contributed by atoms with Crippen LogP contribution in [0.3, 0.4) is 0 Å². The Balaban J connectivity index is 1.84. The van der Waals surface area contributed by atoms with Gasteiger partial charge >= 0.3 is 6.03 Å². The van der Waals surface area contributed by atoms with Crippen LogP contribution in [0.4, 0.5) is 4.79 Å². The number of nitrogens with one attached hydrogen (secondary N) is 1. The zero-order valence-corrected chi connectivity index (χ0v) is 19.4. The fraction of sp³-hybridized carbons (Fsp3) is 0.0952. The number of imide groups is 2. The van der Waals surface area contributed by atoms with Gasteiger partial charge in [-0.2, -0.15) is 0 Å². The third-order valence-corrected chi connectivity index (χ3v) is 5.56. The summed E-state index contributed by atoms with van der Waals surface area (Å²) < 4.78 is 7.13. The van der Waals surface area contributed by atoms with E-state index < -0.39 is 17.8 Å². The van der Waals surface area contributed by atoms with Crippen molar-refractivity contribution in [2.75, 3.05) is 6.54 Å². The number of hydrogen-bond acceptors (Lipinski definition) is 4. The second-order valence-corrected chi connectivity index (χ2v) is 8.40. The van der Waals surface area contributed by atoms with Gasteiger partial charge in [-0.25, -0.2) is 4.79 Å². The van der Waals surface area contributed by atoms with Crippen molar-refractivity contribution in [1.29, 1.82) is 0 Å². The number of urea groups is 1. The molecular formula is C21H15Br2ClN2O4. The smallest absolute Gasteiger partial charge is 0.331 e. The molecule has 0 atom stereocenters. The van der Waals surface area contributed by atoms with Crippen LogP contribution in [-0.4, -0.2) is 29.3 Å². The molecule has 154 valence electrons. The molecule has 6 nitrogen and oxygen atoms in total. The molecule has 1 aliphatic heterocycles. The molecule has 0 saturated carbocycles. The Kier molecular flexibility index (Phi) is 7.12. The van der Waals surface area contributed by atoms with Crippen LogP contribution in [0.5, 0.6) is 5.75 Å². The van der Waals surface area contributed by atoms with E-state index in [0.29, 0.717) is 31.9 Å². The maximum Gasteiger partial charge on any atom is 0.331 e. The van der Waals surface area contributed by atoms with Crippen LogP contribution in [0, 0.1) is 0 Å². The zero-order chi connectivity index (χ0) is 21.8. The molecule has 1 N–H and O–H groups in total. The Morgan fingerprint density at radius 2 is 1.73 bits per heavy atom. The molecule has 0 bridgehead atoms. The van der Waals surface area contributed by atoms with Crippen molar-refractivity contribution in [1.82, 2.24) is 10.2 Å². The summed E-state index contributed by atoms with van der Waals surface area (Å²) in [7, 11) is 0. The molecule has 2 aromatic rings. The largest absolute Gasteiger partial charge is 0.487 e. The summed E-state index contributed by atoms with van der Waals surface area (Å²) in [6.45, 7) is 3.84. The van der Waals surface area contributed by atoms with Crippen molar-refractivity contribution in [2.45, 2.75) is 6.61 Å². The Bertz CT molecular complexity index is 1040. The first kappa shape index (κ1) is 22.3. The average molecular weight is 555 g/mol. The van der Waals surface area contributed by atoms with Crippen molar-refractivity contribution in [3.63, 3.8) is 0 Å². The van der Waals surface area contributed by atoms with Crippen molar-refractivity contribution < 1.29 is 19.1 Å². The van der Waals surface area contributed by atoms with E-state index >= 15 is 0 Å². The van der Waals surface area contributed by atoms with Crippen LogP contribution in [0.2, 0.25) is 5.02 Å². The van der Waals surface area contributed by atoms with Gasteiger partial charge in [0.05, 0.1) is 8.95 Å². The Hall–Kier alpha value is -2.42. The molecule has 1 aliphatic rings. The fourth-order valence-electron chi connectivity index (χ4n) is 2.69. The van der Waals surface area contributed by atoms with Gasteiger partial charge in [0, 0.05) is 11.6 Å². The lowest BCUT2D eigenvalue weighted by Crippen LogP contribution is -2.54. The summed E-state index contributed by atoms with van der Waals surface area (Å²) in [6.07, 6.45) is 2.82. The van der Waals surface area contributed by atoms with Crippen molar-refractivity contribution in [3.05, 3.63) is 79.7 Å². The van der Waals surface area contributed by atoms with Gasteiger partial charge in [0.25, 0.3) is 11.8 Å². The third kappa shape index (κ3) is 5.00. The van der Waals surface area contributed by atoms with Crippen LogP contribution in [0.1, 0.15) is 11.1 Å². The molecular weight excluding hydrogens is 540 g/mol. The lowest BCUT2D eigenvalue weighted by molar-refractivity contribution is -0.129. The van der Waals surface area contributed by atoms with Crippen LogP contribution in [0.25, 0.3) is 6.08 Å². The third-order valence-electron chi connectivity index (χ3n) is 4.13. The van der Waals surface area contributed by atoms with E-state index in [0.717, 1.165) is 10.5 Å². The molecule has 2 aromatic carbocycles. The van der Waals surface area contributed by atoms with Crippen LogP contribution < -0.4 is 10.1 Å². The molecule has 1 fully saturated rings. The predicted octanol–water partition coefficient (Wildman–Crippen LogP) is 5.09. The van der Waals surface area contributed by atoms with Gasteiger partial charge in [-0.3, -0.25) is 19.8 Å². The topological polar surface area (TPSA) is 75.7 Å². The summed E-state index contributed by atoms with van der Waals surface area (Å²) >= 11 is 12.8. The average Bonchev–Trinajstić information content (AvgIpc) is 2.69. The van der Waals surface area contributed by atoms with E-state index in [1.165, 1.54) is 12.2 Å². The van der Waals surface area contributed by atoms with Gasteiger partial charge < -0.3 is 4.74 Å². The van der Waals surface area contributed by atoms with Crippen molar-refractivity contribution >= 4 is 67.4 Å². The molecule has 0 unspecified atom stereocenters. The number of benzene rings is 2. The summed E-state index contributed by atoms with van der Waals surface area (Å²) in [5.41, 5.74) is 1.37. The number of rotatable bonds is 6. The van der Waals surface area contributed by atoms with Gasteiger partial charge in [-0.1, -0.05) is 29.8 Å². The summed E-state index contributed by atoms with van der Waals surface area (Å²) in [5.74, 6) is -0.866. The maximum absolute atomic E-state index is 12.5. The van der Waals surface area contributed by atoms with E-state index in [-0.39, 0.29) is 12.1 Å². The number of halogens is 3. The quantitative estimate of drug-likeness (QED) is 0.307. The number of hydrogen-bond donors (Lipinski definition) is 1. The molecule has 1 saturated heterocycles. The molecule has 0 spiro atoms. The molecule has 3 rings (SSSR count). The minimum atomic E-state index is -0.768. The summed E-state index contributed by atoms with van der Waals surface area (Å²) in [5, 5.41) is 2.80. The highest BCUT2D eigenvalue weighted by Gasteiger charge is 2.34. The first-order valence-corrected chi connectivity index (χ1v) is 10.6. The van der Waals surface area contributed by atoms with E-state index in [1.54, 1.807) is 24.3 Å². The van der Waals surface area contributed by atoms with Crippen LogP contribution >= 0.6 is 43.5 Å². The Labute approximate surface area is 194 Å². The van der Waals surface area contributed by atoms with Gasteiger partial charge in [0.1, 0.15) is 17.9 Å². The number of ether oxygens (including phenoxy) is 1. The number of nitrogens with zero attached hydrogens (tertiary/aromatic N) is 1. The number of carbonyl (C=O) groups is 3. The lowest BCUT2D eigenvalue weighted by atomic mass is 10.1. The molecule has 4 amide bonds. The van der Waals surface area contributed by atoms with Crippen LogP contribution in [0.15, 0.2) is 63.6 Å².